The predicted molar refractivity (Wildman–Crippen MR) is 34.6 cm³/mol. The Morgan fingerprint density at radius 3 is 0.500 bits per heavy atom. The van der Waals surface area contributed by atoms with E-state index >= 15 is 0 Å². The number of hydrogen-bond acceptors (Lipinski definition) is 0. The first-order valence-electron chi connectivity index (χ1n) is 0. The van der Waals surface area contributed by atoms with Gasteiger partial charge in [0.2, 0.25) is 0 Å². The molecule has 4 heteroatoms. The summed E-state index contributed by atoms with van der Waals surface area (Å²) in [6, 6.07) is 0. The van der Waals surface area contributed by atoms with E-state index in [-0.39, 0.29) is 74.5 Å². The molecule has 0 saturated heterocycles. The van der Waals surface area contributed by atoms with Crippen LogP contribution >= 0.6 is 37.2 Å². The van der Waals surface area contributed by atoms with Crippen molar-refractivity contribution in [3.8, 4) is 0 Å². The van der Waals surface area contributed by atoms with Crippen LogP contribution in [0.4, 0.5) is 0 Å². The second-order valence-electron chi connectivity index (χ2n) is 0. The van der Waals surface area contributed by atoms with Gasteiger partial charge in [-0.05, 0) is 0 Å². The zero-order valence-electron chi connectivity index (χ0n) is 3.67. The van der Waals surface area contributed by atoms with Crippen LogP contribution in [-0.4, -0.2) is 0 Å². The smallest absolute Gasteiger partial charge is 0.358 e. The van der Waals surface area contributed by atoms with Crippen LogP contribution in [0.2, 0.25) is 0 Å². The fraction of sp³-hybridized carbons (Fsp3) is 0. The molecule has 0 aromatic heterocycles. The van der Waals surface area contributed by atoms with E-state index in [1.807, 2.05) is 0 Å². The Bertz CT molecular complexity index is 8.75. The minimum Gasteiger partial charge on any atom is -0.358 e. The Hall–Kier alpha value is 1.61. The minimum absolute atomic E-state index is 0. The van der Waals surface area contributed by atoms with Crippen LogP contribution in [0.25, 0.3) is 0 Å². The summed E-state index contributed by atoms with van der Waals surface area (Å²) in [6.07, 6.45) is 0. The van der Waals surface area contributed by atoms with Crippen molar-refractivity contribution < 1.29 is 22.4 Å². The molecule has 6 heavy (non-hydrogen) atoms. The van der Waals surface area contributed by atoms with Crippen molar-refractivity contribution in [2.45, 2.75) is 0 Å². The molecule has 0 unspecified atom stereocenters. The normalized spacial score (nSPS) is 0. The van der Waals surface area contributed by atoms with Gasteiger partial charge in [0.25, 0.3) is 0 Å². The van der Waals surface area contributed by atoms with Gasteiger partial charge in [0.05, 0.1) is 0 Å². The van der Waals surface area contributed by atoms with Gasteiger partial charge in [-0.25, -0.2) is 0 Å². The van der Waals surface area contributed by atoms with Crippen LogP contribution in [0.15, 0.2) is 0 Å². The zero-order valence-corrected chi connectivity index (χ0v) is 8.32. The largest absolute Gasteiger partial charge is 2.00 e. The summed E-state index contributed by atoms with van der Waals surface area (Å²) < 4.78 is 0. The van der Waals surface area contributed by atoms with E-state index < -0.39 is 0 Å². The average molecular weight is 232 g/mol. The second kappa shape index (κ2) is 80.2. The molecule has 0 N–H and O–H groups in total. The fourth-order valence-corrected chi connectivity index (χ4v) is 0. The van der Waals surface area contributed by atoms with Crippen molar-refractivity contribution in [2.24, 2.45) is 0 Å². The summed E-state index contributed by atoms with van der Waals surface area (Å²) in [6.45, 7) is 0. The first kappa shape index (κ1) is 128. The summed E-state index contributed by atoms with van der Waals surface area (Å²) in [7, 11) is 0. The molecule has 0 spiro atoms. The van der Waals surface area contributed by atoms with Gasteiger partial charge >= 0.3 is 22.4 Å². The van der Waals surface area contributed by atoms with E-state index in [4.69, 9.17) is 0 Å². The molecule has 0 aliphatic heterocycles. The van der Waals surface area contributed by atoms with E-state index in [0.29, 0.717) is 0 Å². The molecule has 0 aliphatic rings. The quantitative estimate of drug-likeness (QED) is 0.443. The number of rotatable bonds is 0. The van der Waals surface area contributed by atoms with Crippen molar-refractivity contribution in [2.75, 3.05) is 0 Å². The van der Waals surface area contributed by atoms with Crippen molar-refractivity contribution in [3.63, 3.8) is 0 Å². The fourth-order valence-electron chi connectivity index (χ4n) is 0. The number of halogens is 3. The van der Waals surface area contributed by atoms with Gasteiger partial charge in [0.1, 0.15) is 0 Å². The molecule has 0 amide bonds. The van der Waals surface area contributed by atoms with Gasteiger partial charge in [-0.2, -0.15) is 0 Å². The third-order valence-electron chi connectivity index (χ3n) is 0. The van der Waals surface area contributed by atoms with Crippen molar-refractivity contribution in [1.82, 2.24) is 0 Å². The molecule has 0 aromatic rings. The maximum atomic E-state index is 0. The molecule has 0 aliphatic carbocycles. The molecule has 0 bridgehead atoms. The maximum Gasteiger partial charge on any atom is 2.00 e. The van der Waals surface area contributed by atoms with Gasteiger partial charge in [-0.3, -0.25) is 0 Å². The van der Waals surface area contributed by atoms with Crippen LogP contribution in [0.5, 0.6) is 0 Å². The van der Waals surface area contributed by atoms with E-state index in [9.17, 15) is 0 Å². The topological polar surface area (TPSA) is 0 Å². The number of hydrogen-bond donors (Lipinski definition) is 0. The third kappa shape index (κ3) is 46.0. The molecule has 1 radical (unpaired) electrons. The second-order valence-corrected chi connectivity index (χ2v) is 0. The van der Waals surface area contributed by atoms with E-state index in [1.165, 1.54) is 0 Å². The Morgan fingerprint density at radius 2 is 0.500 bits per heavy atom. The van der Waals surface area contributed by atoms with E-state index in [1.54, 1.807) is 0 Å². The first-order valence-corrected chi connectivity index (χ1v) is 0. The molecule has 0 saturated carbocycles. The summed E-state index contributed by atoms with van der Waals surface area (Å²) in [5.74, 6) is 0. The average Bonchev–Trinajstić information content (AvgIpc) is 0. The molecule has 0 fully saturated rings. The van der Waals surface area contributed by atoms with Gasteiger partial charge in [0.15, 0.2) is 0 Å². The standard InChI is InChI=1S/2CH3.3ClH.Nb/h2*1H3;3*1H;/q2*-1;;;;+2. The summed E-state index contributed by atoms with van der Waals surface area (Å²) >= 11 is 0. The Labute approximate surface area is 74.2 Å². The SMILES string of the molecule is Cl.Cl.Cl.[CH3-].[CH3-].[Nb+2]. The molecular weight excluding hydrogens is 223 g/mol. The Kier molecular flexibility index (Phi) is 1720. The van der Waals surface area contributed by atoms with Crippen LogP contribution in [0.3, 0.4) is 0 Å². The molecule has 0 atom stereocenters. The van der Waals surface area contributed by atoms with Crippen LogP contribution < -0.4 is 0 Å². The van der Waals surface area contributed by atoms with Crippen LogP contribution in [-0.2, 0) is 22.4 Å². The van der Waals surface area contributed by atoms with Crippen LogP contribution in [0.1, 0.15) is 0 Å². The van der Waals surface area contributed by atoms with Crippen molar-refractivity contribution in [3.05, 3.63) is 14.9 Å². The Balaban J connectivity index is 0. The molecule has 0 heterocycles. The molecule has 43 valence electrons. The van der Waals surface area contributed by atoms with Gasteiger partial charge in [0, 0.05) is 0 Å². The Morgan fingerprint density at radius 1 is 0.500 bits per heavy atom. The minimum atomic E-state index is 0. The van der Waals surface area contributed by atoms with Gasteiger partial charge < -0.3 is 14.9 Å². The molecule has 0 aromatic carbocycles. The van der Waals surface area contributed by atoms with Gasteiger partial charge in [-0.15, -0.1) is 37.2 Å². The molecule has 0 nitrogen and oxygen atoms in total. The van der Waals surface area contributed by atoms with Crippen molar-refractivity contribution in [1.29, 1.82) is 0 Å². The molecular formula is C2H9Cl3Nb. The van der Waals surface area contributed by atoms with E-state index in [2.05, 4.69) is 0 Å². The van der Waals surface area contributed by atoms with Gasteiger partial charge in [-0.1, -0.05) is 0 Å². The predicted octanol–water partition coefficient (Wildman–Crippen LogP) is 2.16. The summed E-state index contributed by atoms with van der Waals surface area (Å²) in [5.41, 5.74) is 0. The summed E-state index contributed by atoms with van der Waals surface area (Å²) in [5, 5.41) is 0. The summed E-state index contributed by atoms with van der Waals surface area (Å²) in [4.78, 5) is 0. The monoisotopic (exact) mass is 231 g/mol. The van der Waals surface area contributed by atoms with Crippen LogP contribution in [0, 0.1) is 14.9 Å². The third-order valence-corrected chi connectivity index (χ3v) is 0. The van der Waals surface area contributed by atoms with E-state index in [0.717, 1.165) is 0 Å². The molecule has 0 rings (SSSR count). The van der Waals surface area contributed by atoms with Crippen molar-refractivity contribution >= 4 is 37.2 Å². The maximum absolute atomic E-state index is 0. The zero-order chi connectivity index (χ0) is 0. The first-order chi connectivity index (χ1) is 0.